The molecule has 180 valence electrons. The molecule has 2 aliphatic rings. The molecule has 3 unspecified atom stereocenters. The van der Waals surface area contributed by atoms with E-state index in [1.807, 2.05) is 6.92 Å². The lowest BCUT2D eigenvalue weighted by atomic mass is 9.80. The molecule has 2 aromatic rings. The first kappa shape index (κ1) is 23.7. The molecule has 0 bridgehead atoms. The molecule has 2 aromatic heterocycles. The molecule has 2 N–H and O–H groups in total. The summed E-state index contributed by atoms with van der Waals surface area (Å²) in [6, 6.07) is -0.452. The SMILES string of the molecule is CCOC1=C(C2CN(CC(F)(F)F)C2)C(F)C(Cl)C=C1C(C)n1nc(C)c2c(N)ncnc21. The number of fused-ring (bicyclic) bond motifs is 1. The van der Waals surface area contributed by atoms with E-state index < -0.39 is 36.2 Å². The van der Waals surface area contributed by atoms with Gasteiger partial charge in [0.15, 0.2) is 5.65 Å². The molecule has 3 heterocycles. The van der Waals surface area contributed by atoms with E-state index in [2.05, 4.69) is 15.1 Å². The first-order valence-electron chi connectivity index (χ1n) is 10.6. The molecule has 0 amide bonds. The number of allylic oxidation sites excluding steroid dienone is 2. The molecule has 7 nitrogen and oxygen atoms in total. The summed E-state index contributed by atoms with van der Waals surface area (Å²) in [5, 5.41) is 4.20. The fourth-order valence-corrected chi connectivity index (χ4v) is 4.84. The molecule has 0 radical (unpaired) electrons. The van der Waals surface area contributed by atoms with Crippen LogP contribution in [-0.4, -0.2) is 68.6 Å². The molecule has 1 fully saturated rings. The third-order valence-corrected chi connectivity index (χ3v) is 6.39. The van der Waals surface area contributed by atoms with E-state index in [4.69, 9.17) is 22.1 Å². The van der Waals surface area contributed by atoms with Crippen LogP contribution in [0.5, 0.6) is 0 Å². The van der Waals surface area contributed by atoms with Gasteiger partial charge in [-0.15, -0.1) is 11.6 Å². The van der Waals surface area contributed by atoms with Crippen molar-refractivity contribution in [3.63, 3.8) is 0 Å². The van der Waals surface area contributed by atoms with Gasteiger partial charge < -0.3 is 10.5 Å². The highest BCUT2D eigenvalue weighted by Crippen LogP contribution is 2.43. The van der Waals surface area contributed by atoms with Crippen molar-refractivity contribution in [3.05, 3.63) is 35.0 Å². The molecule has 0 spiro atoms. The van der Waals surface area contributed by atoms with Gasteiger partial charge in [0.2, 0.25) is 0 Å². The standard InChI is InChI=1S/C21H25ClF4N6O/c1-4-33-18-13(11(3)32-20-15(10(2)30-32)19(27)28-9-29-20)5-14(22)17(23)16(18)12-6-31(7-12)8-21(24,25)26/h5,9,11-12,14,17H,4,6-8H2,1-3H3,(H2,27,28,29). The van der Waals surface area contributed by atoms with Gasteiger partial charge >= 0.3 is 6.18 Å². The molecule has 0 aromatic carbocycles. The van der Waals surface area contributed by atoms with Crippen molar-refractivity contribution in [2.45, 2.75) is 44.5 Å². The summed E-state index contributed by atoms with van der Waals surface area (Å²) in [6.07, 6.45) is -2.93. The second-order valence-corrected chi connectivity index (χ2v) is 8.86. The van der Waals surface area contributed by atoms with Gasteiger partial charge in [0.25, 0.3) is 0 Å². The van der Waals surface area contributed by atoms with Crippen LogP contribution in [0.15, 0.2) is 29.3 Å². The van der Waals surface area contributed by atoms with Gasteiger partial charge in [-0.3, -0.25) is 4.90 Å². The number of nitrogen functional groups attached to an aromatic ring is 1. The van der Waals surface area contributed by atoms with Gasteiger partial charge in [-0.2, -0.15) is 18.3 Å². The summed E-state index contributed by atoms with van der Waals surface area (Å²) < 4.78 is 61.0. The fraction of sp³-hybridized carbons (Fsp3) is 0.571. The Morgan fingerprint density at radius 1 is 1.30 bits per heavy atom. The number of alkyl halides is 5. The Balaban J connectivity index is 1.72. The minimum absolute atomic E-state index is 0.0880. The second-order valence-electron chi connectivity index (χ2n) is 8.36. The lowest BCUT2D eigenvalue weighted by molar-refractivity contribution is -0.157. The first-order valence-corrected chi connectivity index (χ1v) is 11.1. The summed E-state index contributed by atoms with van der Waals surface area (Å²) in [7, 11) is 0. The Kier molecular flexibility index (Phi) is 6.30. The zero-order valence-corrected chi connectivity index (χ0v) is 19.2. The zero-order valence-electron chi connectivity index (χ0n) is 18.4. The maximum Gasteiger partial charge on any atom is 0.401 e. The highest BCUT2D eigenvalue weighted by Gasteiger charge is 2.45. The van der Waals surface area contributed by atoms with E-state index in [1.54, 1.807) is 24.6 Å². The van der Waals surface area contributed by atoms with Crippen molar-refractivity contribution >= 4 is 28.5 Å². The molecule has 1 saturated heterocycles. The van der Waals surface area contributed by atoms with Crippen molar-refractivity contribution in [3.8, 4) is 0 Å². The number of aryl methyl sites for hydroxylation is 1. The number of aromatic nitrogens is 4. The zero-order chi connectivity index (χ0) is 24.1. The lowest BCUT2D eigenvalue weighted by Crippen LogP contribution is -2.53. The highest BCUT2D eigenvalue weighted by atomic mass is 35.5. The van der Waals surface area contributed by atoms with Gasteiger partial charge in [0, 0.05) is 30.2 Å². The number of nitrogens with two attached hydrogens (primary N) is 1. The van der Waals surface area contributed by atoms with Gasteiger partial charge in [-0.25, -0.2) is 19.0 Å². The molecule has 1 aliphatic carbocycles. The molecule has 12 heteroatoms. The minimum Gasteiger partial charge on any atom is -0.493 e. The quantitative estimate of drug-likeness (QED) is 0.490. The average molecular weight is 489 g/mol. The largest absolute Gasteiger partial charge is 0.493 e. The van der Waals surface area contributed by atoms with Crippen LogP contribution in [0.2, 0.25) is 0 Å². The Morgan fingerprint density at radius 2 is 2.00 bits per heavy atom. The van der Waals surface area contributed by atoms with E-state index >= 15 is 4.39 Å². The van der Waals surface area contributed by atoms with Crippen LogP contribution in [0, 0.1) is 12.8 Å². The summed E-state index contributed by atoms with van der Waals surface area (Å²) in [5.41, 5.74) is 8.07. The van der Waals surface area contributed by atoms with Crippen LogP contribution in [0.3, 0.4) is 0 Å². The molecule has 33 heavy (non-hydrogen) atoms. The predicted molar refractivity (Wildman–Crippen MR) is 116 cm³/mol. The number of ether oxygens (including phenoxy) is 1. The maximum atomic E-state index is 15.3. The minimum atomic E-state index is -4.30. The van der Waals surface area contributed by atoms with Crippen molar-refractivity contribution in [2.75, 3.05) is 32.0 Å². The van der Waals surface area contributed by atoms with E-state index in [9.17, 15) is 13.2 Å². The predicted octanol–water partition coefficient (Wildman–Crippen LogP) is 3.95. The second kappa shape index (κ2) is 8.75. The van der Waals surface area contributed by atoms with E-state index in [0.717, 1.165) is 0 Å². The monoisotopic (exact) mass is 488 g/mol. The number of anilines is 1. The molecule has 0 saturated carbocycles. The topological polar surface area (TPSA) is 82.1 Å². The first-order chi connectivity index (χ1) is 15.5. The fourth-order valence-electron chi connectivity index (χ4n) is 4.57. The van der Waals surface area contributed by atoms with Crippen LogP contribution < -0.4 is 5.73 Å². The van der Waals surface area contributed by atoms with Crippen LogP contribution in [0.25, 0.3) is 11.0 Å². The molecular formula is C21H25ClF4N6O. The Labute approximate surface area is 193 Å². The molecule has 4 rings (SSSR count). The molecule has 1 aliphatic heterocycles. The average Bonchev–Trinajstić information content (AvgIpc) is 3.05. The van der Waals surface area contributed by atoms with Gasteiger partial charge in [-0.05, 0) is 20.8 Å². The van der Waals surface area contributed by atoms with Crippen molar-refractivity contribution in [2.24, 2.45) is 5.92 Å². The van der Waals surface area contributed by atoms with Crippen LogP contribution in [-0.2, 0) is 4.74 Å². The van der Waals surface area contributed by atoms with E-state index in [0.29, 0.717) is 39.5 Å². The number of hydrogen-bond donors (Lipinski definition) is 1. The number of halogens is 5. The summed E-state index contributed by atoms with van der Waals surface area (Å²) >= 11 is 6.36. The normalized spacial score (nSPS) is 23.6. The number of hydrogen-bond acceptors (Lipinski definition) is 6. The highest BCUT2D eigenvalue weighted by molar-refractivity contribution is 6.22. The van der Waals surface area contributed by atoms with E-state index in [-0.39, 0.29) is 19.7 Å². The van der Waals surface area contributed by atoms with Gasteiger partial charge in [0.1, 0.15) is 24.1 Å². The molecular weight excluding hydrogens is 464 g/mol. The third-order valence-electron chi connectivity index (χ3n) is 6.04. The van der Waals surface area contributed by atoms with Crippen molar-refractivity contribution in [1.29, 1.82) is 0 Å². The van der Waals surface area contributed by atoms with Gasteiger partial charge in [-0.1, -0.05) is 6.08 Å². The maximum absolute atomic E-state index is 15.3. The van der Waals surface area contributed by atoms with Gasteiger partial charge in [0.05, 0.1) is 35.7 Å². The number of nitrogens with zero attached hydrogens (tertiary/aromatic N) is 5. The number of rotatable bonds is 6. The Morgan fingerprint density at radius 3 is 2.64 bits per heavy atom. The van der Waals surface area contributed by atoms with Crippen LogP contribution >= 0.6 is 11.6 Å². The summed E-state index contributed by atoms with van der Waals surface area (Å²) in [5.74, 6) is 0.206. The van der Waals surface area contributed by atoms with Crippen molar-refractivity contribution in [1.82, 2.24) is 24.6 Å². The molecule has 3 atom stereocenters. The van der Waals surface area contributed by atoms with Crippen LogP contribution in [0.4, 0.5) is 23.4 Å². The van der Waals surface area contributed by atoms with Crippen LogP contribution in [0.1, 0.15) is 25.6 Å². The third kappa shape index (κ3) is 4.40. The van der Waals surface area contributed by atoms with E-state index in [1.165, 1.54) is 11.2 Å². The smallest absolute Gasteiger partial charge is 0.401 e. The Bertz CT molecular complexity index is 1110. The summed E-state index contributed by atoms with van der Waals surface area (Å²) in [4.78, 5) is 9.57. The summed E-state index contributed by atoms with van der Waals surface area (Å²) in [6.45, 7) is 4.82. The van der Waals surface area contributed by atoms with Crippen molar-refractivity contribution < 1.29 is 22.3 Å². The Hall–Kier alpha value is -2.40. The number of likely N-dealkylation sites (tertiary alicyclic amines) is 1. The lowest BCUT2D eigenvalue weighted by Gasteiger charge is -2.44.